The van der Waals surface area contributed by atoms with Crippen molar-refractivity contribution < 1.29 is 13.9 Å². The number of nitrogens with zero attached hydrogens (tertiary/aromatic N) is 1. The van der Waals surface area contributed by atoms with Gasteiger partial charge in [0.15, 0.2) is 0 Å². The van der Waals surface area contributed by atoms with E-state index in [1.54, 1.807) is 25.1 Å². The van der Waals surface area contributed by atoms with Crippen LogP contribution in [0.5, 0.6) is 0 Å². The highest BCUT2D eigenvalue weighted by atomic mass is 79.9. The molecule has 0 spiro atoms. The number of rotatable bonds is 4. The Labute approximate surface area is 113 Å². The summed E-state index contributed by atoms with van der Waals surface area (Å²) in [7, 11) is 0. The summed E-state index contributed by atoms with van der Waals surface area (Å²) in [5.41, 5.74) is 5.88. The summed E-state index contributed by atoms with van der Waals surface area (Å²) in [5, 5.41) is 0. The maximum Gasteiger partial charge on any atom is 0.342 e. The fourth-order valence-corrected chi connectivity index (χ4v) is 1.49. The average molecular weight is 328 g/mol. The van der Waals surface area contributed by atoms with E-state index in [-0.39, 0.29) is 19.0 Å². The molecule has 96 valence electrons. The van der Waals surface area contributed by atoms with Crippen LogP contribution in [0.25, 0.3) is 0 Å². The van der Waals surface area contributed by atoms with Crippen LogP contribution in [0.2, 0.25) is 0 Å². The molecule has 0 radical (unpaired) electrons. The third-order valence-electron chi connectivity index (χ3n) is 1.91. The second-order valence-corrected chi connectivity index (χ2v) is 3.88. The predicted octanol–water partition coefficient (Wildman–Crippen LogP) is 2.17. The van der Waals surface area contributed by atoms with Gasteiger partial charge in [0.2, 0.25) is 6.17 Å². The van der Waals surface area contributed by atoms with E-state index in [4.69, 9.17) is 5.73 Å². The Morgan fingerprint density at radius 1 is 1.65 bits per heavy atom. The monoisotopic (exact) mass is 326 g/mol. The first-order valence-electron chi connectivity index (χ1n) is 4.75. The van der Waals surface area contributed by atoms with E-state index in [1.807, 2.05) is 0 Å². The van der Waals surface area contributed by atoms with E-state index in [0.29, 0.717) is 10.3 Å². The molecule has 17 heavy (non-hydrogen) atoms. The van der Waals surface area contributed by atoms with E-state index in [0.717, 1.165) is 0 Å². The zero-order valence-electron chi connectivity index (χ0n) is 9.10. The van der Waals surface area contributed by atoms with Crippen LogP contribution in [0.1, 0.15) is 18.7 Å². The minimum Gasteiger partial charge on any atom is -0.464 e. The standard InChI is InChI=1S/C10H12BrFN2O2.ClH/c1-2-16-10(15)8(12)9(13)6-4-3-5-7(11)14-6;/h3-5,8-9H,2,13H2,1H3;1H/t8?,9-;/m1./s1. The normalized spacial score (nSPS) is 13.4. The van der Waals surface area contributed by atoms with Gasteiger partial charge in [-0.25, -0.2) is 14.2 Å². The van der Waals surface area contributed by atoms with Crippen molar-refractivity contribution in [3.63, 3.8) is 0 Å². The van der Waals surface area contributed by atoms with Crippen LogP contribution < -0.4 is 5.73 Å². The Morgan fingerprint density at radius 2 is 2.29 bits per heavy atom. The summed E-state index contributed by atoms with van der Waals surface area (Å²) in [4.78, 5) is 15.1. The first-order chi connectivity index (χ1) is 7.56. The molecular formula is C10H13BrClFN2O2. The number of nitrogens with two attached hydrogens (primary N) is 1. The van der Waals surface area contributed by atoms with Crippen molar-refractivity contribution >= 4 is 34.3 Å². The molecule has 0 aromatic carbocycles. The quantitative estimate of drug-likeness (QED) is 0.680. The number of ether oxygens (including phenoxy) is 1. The molecule has 0 amide bonds. The highest BCUT2D eigenvalue weighted by Gasteiger charge is 2.28. The number of carbonyl (C=O) groups is 1. The van der Waals surface area contributed by atoms with Crippen LogP contribution in [0.15, 0.2) is 22.8 Å². The van der Waals surface area contributed by atoms with Crippen molar-refractivity contribution in [3.8, 4) is 0 Å². The molecule has 1 unspecified atom stereocenters. The topological polar surface area (TPSA) is 65.2 Å². The van der Waals surface area contributed by atoms with Gasteiger partial charge in [-0.15, -0.1) is 12.4 Å². The molecule has 1 heterocycles. The lowest BCUT2D eigenvalue weighted by Gasteiger charge is -2.14. The zero-order valence-corrected chi connectivity index (χ0v) is 11.5. The molecule has 2 atom stereocenters. The number of hydrogen-bond donors (Lipinski definition) is 1. The molecule has 0 saturated heterocycles. The van der Waals surface area contributed by atoms with Gasteiger partial charge in [-0.05, 0) is 35.0 Å². The molecule has 0 saturated carbocycles. The summed E-state index contributed by atoms with van der Waals surface area (Å²) in [6, 6.07) is 3.80. The lowest BCUT2D eigenvalue weighted by molar-refractivity contribution is -0.150. The van der Waals surface area contributed by atoms with Crippen molar-refractivity contribution in [2.45, 2.75) is 19.1 Å². The molecule has 2 N–H and O–H groups in total. The number of carbonyl (C=O) groups excluding carboxylic acids is 1. The summed E-state index contributed by atoms with van der Waals surface area (Å²) in [6.07, 6.45) is -1.90. The van der Waals surface area contributed by atoms with Crippen molar-refractivity contribution in [1.29, 1.82) is 0 Å². The van der Waals surface area contributed by atoms with Gasteiger partial charge < -0.3 is 10.5 Å². The fourth-order valence-electron chi connectivity index (χ4n) is 1.13. The van der Waals surface area contributed by atoms with Crippen LogP contribution in [0.4, 0.5) is 4.39 Å². The van der Waals surface area contributed by atoms with Crippen LogP contribution in [0.3, 0.4) is 0 Å². The van der Waals surface area contributed by atoms with Gasteiger partial charge in [-0.2, -0.15) is 0 Å². The Kier molecular flexibility index (Phi) is 7.26. The zero-order chi connectivity index (χ0) is 12.1. The third kappa shape index (κ3) is 4.57. The van der Waals surface area contributed by atoms with Crippen molar-refractivity contribution in [3.05, 3.63) is 28.5 Å². The van der Waals surface area contributed by atoms with Gasteiger partial charge in [-0.1, -0.05) is 6.07 Å². The van der Waals surface area contributed by atoms with Crippen LogP contribution >= 0.6 is 28.3 Å². The Hall–Kier alpha value is -0.720. The number of esters is 1. The van der Waals surface area contributed by atoms with Crippen LogP contribution in [-0.4, -0.2) is 23.7 Å². The van der Waals surface area contributed by atoms with Gasteiger partial charge in [0.25, 0.3) is 0 Å². The van der Waals surface area contributed by atoms with Crippen molar-refractivity contribution in [2.24, 2.45) is 5.73 Å². The van der Waals surface area contributed by atoms with Gasteiger partial charge in [0, 0.05) is 0 Å². The number of hydrogen-bond acceptors (Lipinski definition) is 4. The Morgan fingerprint density at radius 3 is 2.82 bits per heavy atom. The lowest BCUT2D eigenvalue weighted by Crippen LogP contribution is -2.32. The molecule has 1 rings (SSSR count). The van der Waals surface area contributed by atoms with E-state index in [1.165, 1.54) is 0 Å². The molecule has 1 aromatic heterocycles. The van der Waals surface area contributed by atoms with Crippen LogP contribution in [0, 0.1) is 0 Å². The first-order valence-corrected chi connectivity index (χ1v) is 5.54. The summed E-state index contributed by atoms with van der Waals surface area (Å²) < 4.78 is 18.6. The maximum absolute atomic E-state index is 13.5. The smallest absolute Gasteiger partial charge is 0.342 e. The number of pyridine rings is 1. The second kappa shape index (κ2) is 7.58. The third-order valence-corrected chi connectivity index (χ3v) is 2.35. The molecule has 0 bridgehead atoms. The Bertz CT molecular complexity index is 381. The first kappa shape index (κ1) is 16.3. The lowest BCUT2D eigenvalue weighted by atomic mass is 10.1. The predicted molar refractivity (Wildman–Crippen MR) is 67.6 cm³/mol. The molecular weight excluding hydrogens is 314 g/mol. The van der Waals surface area contributed by atoms with E-state index in [9.17, 15) is 9.18 Å². The Balaban J connectivity index is 0.00000256. The number of aromatic nitrogens is 1. The highest BCUT2D eigenvalue weighted by molar-refractivity contribution is 9.10. The summed E-state index contributed by atoms with van der Waals surface area (Å²) >= 11 is 3.14. The minimum atomic E-state index is -1.90. The molecule has 1 aromatic rings. The van der Waals surface area contributed by atoms with E-state index >= 15 is 0 Å². The SMILES string of the molecule is CCOC(=O)C(F)[C@H](N)c1cccc(Br)n1.Cl. The highest BCUT2D eigenvalue weighted by Crippen LogP contribution is 2.18. The fraction of sp³-hybridized carbons (Fsp3) is 0.400. The van der Waals surface area contributed by atoms with E-state index < -0.39 is 18.2 Å². The molecule has 0 aliphatic rings. The average Bonchev–Trinajstić information content (AvgIpc) is 2.27. The molecule has 4 nitrogen and oxygen atoms in total. The molecule has 0 fully saturated rings. The molecule has 7 heteroatoms. The summed E-state index contributed by atoms with van der Waals surface area (Å²) in [6.45, 7) is 1.73. The minimum absolute atomic E-state index is 0. The summed E-state index contributed by atoms with van der Waals surface area (Å²) in [5.74, 6) is -0.961. The maximum atomic E-state index is 13.5. The molecule has 0 aliphatic carbocycles. The van der Waals surface area contributed by atoms with Gasteiger partial charge >= 0.3 is 5.97 Å². The van der Waals surface area contributed by atoms with Gasteiger partial charge in [0.1, 0.15) is 4.60 Å². The molecule has 0 aliphatic heterocycles. The van der Waals surface area contributed by atoms with Crippen molar-refractivity contribution in [1.82, 2.24) is 4.98 Å². The van der Waals surface area contributed by atoms with E-state index in [2.05, 4.69) is 25.7 Å². The van der Waals surface area contributed by atoms with Gasteiger partial charge in [0.05, 0.1) is 18.3 Å². The van der Waals surface area contributed by atoms with Gasteiger partial charge in [-0.3, -0.25) is 0 Å². The number of alkyl halides is 1. The largest absolute Gasteiger partial charge is 0.464 e. The van der Waals surface area contributed by atoms with Crippen LogP contribution in [-0.2, 0) is 9.53 Å². The number of halogens is 3. The second-order valence-electron chi connectivity index (χ2n) is 3.06. The van der Waals surface area contributed by atoms with Crippen molar-refractivity contribution in [2.75, 3.05) is 6.61 Å².